The smallest absolute Gasteiger partial charge is 0.316 e. The molecule has 0 radical (unpaired) electrons. The molecule has 0 heterocycles. The van der Waals surface area contributed by atoms with Crippen molar-refractivity contribution in [1.29, 1.82) is 0 Å². The third kappa shape index (κ3) is 3.58. The first kappa shape index (κ1) is 12.6. The highest BCUT2D eigenvalue weighted by atomic mass is 32.2. The van der Waals surface area contributed by atoms with E-state index in [1.54, 1.807) is 31.2 Å². The van der Waals surface area contributed by atoms with Crippen molar-refractivity contribution >= 4 is 23.7 Å². The van der Waals surface area contributed by atoms with Gasteiger partial charge in [-0.05, 0) is 18.6 Å². The lowest BCUT2D eigenvalue weighted by Gasteiger charge is -2.09. The molecule has 0 fully saturated rings. The molecule has 1 aromatic carbocycles. The van der Waals surface area contributed by atoms with E-state index in [0.29, 0.717) is 10.5 Å². The average molecular weight is 240 g/mol. The number of aliphatic carboxylic acids is 2. The van der Waals surface area contributed by atoms with Crippen molar-refractivity contribution in [3.63, 3.8) is 0 Å². The number of thioether (sulfide) groups is 1. The second-order valence-electron chi connectivity index (χ2n) is 3.28. The molecule has 1 atom stereocenters. The molecule has 86 valence electrons. The molecule has 0 aliphatic heterocycles. The molecule has 1 unspecified atom stereocenters. The summed E-state index contributed by atoms with van der Waals surface area (Å²) in [6, 6.07) is 6.95. The van der Waals surface area contributed by atoms with Gasteiger partial charge in [-0.1, -0.05) is 18.2 Å². The van der Waals surface area contributed by atoms with Crippen LogP contribution in [-0.4, -0.2) is 27.4 Å². The lowest BCUT2D eigenvalue weighted by molar-refractivity contribution is -0.137. The summed E-state index contributed by atoms with van der Waals surface area (Å²) in [5, 5.41) is 16.9. The highest BCUT2D eigenvalue weighted by Gasteiger charge is 2.15. The third-order valence-corrected chi connectivity index (χ3v) is 3.17. The predicted octanol–water partition coefficient (Wildman–Crippen LogP) is 1.88. The average Bonchev–Trinajstić information content (AvgIpc) is 2.20. The van der Waals surface area contributed by atoms with Gasteiger partial charge in [-0.15, -0.1) is 11.8 Å². The lowest BCUT2D eigenvalue weighted by atomic mass is 10.1. The minimum Gasteiger partial charge on any atom is -0.481 e. The highest BCUT2D eigenvalue weighted by molar-refractivity contribution is 8.00. The Morgan fingerprint density at radius 2 is 1.94 bits per heavy atom. The maximum atomic E-state index is 10.7. The highest BCUT2D eigenvalue weighted by Crippen LogP contribution is 2.27. The molecular weight excluding hydrogens is 228 g/mol. The second kappa shape index (κ2) is 5.55. The molecule has 0 saturated heterocycles. The van der Waals surface area contributed by atoms with Crippen LogP contribution in [0.2, 0.25) is 0 Å². The van der Waals surface area contributed by atoms with Gasteiger partial charge < -0.3 is 10.2 Å². The number of carbonyl (C=O) groups is 2. The molecule has 0 aromatic heterocycles. The summed E-state index contributed by atoms with van der Waals surface area (Å²) < 4.78 is 0. The Kier molecular flexibility index (Phi) is 4.37. The monoisotopic (exact) mass is 240 g/mol. The van der Waals surface area contributed by atoms with Gasteiger partial charge in [0.1, 0.15) is 5.25 Å². The molecule has 2 N–H and O–H groups in total. The Morgan fingerprint density at radius 3 is 2.50 bits per heavy atom. The lowest BCUT2D eigenvalue weighted by Crippen LogP contribution is -2.12. The number of carboxylic acids is 2. The van der Waals surface area contributed by atoms with Crippen molar-refractivity contribution < 1.29 is 19.8 Å². The minimum atomic E-state index is -0.920. The van der Waals surface area contributed by atoms with Gasteiger partial charge in [0.05, 0.1) is 6.42 Å². The van der Waals surface area contributed by atoms with Crippen LogP contribution in [0.25, 0.3) is 0 Å². The van der Waals surface area contributed by atoms with E-state index >= 15 is 0 Å². The summed E-state index contributed by atoms with van der Waals surface area (Å²) in [7, 11) is 0. The number of carboxylic acid groups (broad SMARTS) is 2. The molecule has 5 heteroatoms. The summed E-state index contributed by atoms with van der Waals surface area (Å²) in [5.74, 6) is -1.83. The van der Waals surface area contributed by atoms with E-state index in [9.17, 15) is 9.59 Å². The van der Waals surface area contributed by atoms with Crippen molar-refractivity contribution in [3.8, 4) is 0 Å². The van der Waals surface area contributed by atoms with E-state index in [1.807, 2.05) is 0 Å². The molecule has 0 spiro atoms. The van der Waals surface area contributed by atoms with Gasteiger partial charge in [0, 0.05) is 4.90 Å². The van der Waals surface area contributed by atoms with Gasteiger partial charge >= 0.3 is 11.9 Å². The van der Waals surface area contributed by atoms with Gasteiger partial charge in [0.15, 0.2) is 0 Å². The van der Waals surface area contributed by atoms with E-state index in [4.69, 9.17) is 10.2 Å². The van der Waals surface area contributed by atoms with Crippen LogP contribution in [0.4, 0.5) is 0 Å². The van der Waals surface area contributed by atoms with Gasteiger partial charge in [-0.25, -0.2) is 0 Å². The topological polar surface area (TPSA) is 74.6 Å². The largest absolute Gasteiger partial charge is 0.481 e. The standard InChI is InChI=1S/C11H12O4S/c1-7(11(14)15)16-9-5-3-2-4-8(9)6-10(12)13/h2-5,7H,6H2,1H3,(H,12,13)(H,14,15). The zero-order valence-corrected chi connectivity index (χ0v) is 9.53. The zero-order chi connectivity index (χ0) is 12.1. The Labute approximate surface area is 97.3 Å². The quantitative estimate of drug-likeness (QED) is 0.769. The summed E-state index contributed by atoms with van der Waals surface area (Å²) in [4.78, 5) is 22.0. The predicted molar refractivity (Wildman–Crippen MR) is 60.7 cm³/mol. The summed E-state index contributed by atoms with van der Waals surface area (Å²) in [5.41, 5.74) is 0.646. The summed E-state index contributed by atoms with van der Waals surface area (Å²) in [6.45, 7) is 1.57. The summed E-state index contributed by atoms with van der Waals surface area (Å²) in [6.07, 6.45) is -0.0878. The van der Waals surface area contributed by atoms with E-state index in [2.05, 4.69) is 0 Å². The van der Waals surface area contributed by atoms with Crippen LogP contribution in [-0.2, 0) is 16.0 Å². The molecule has 0 aliphatic rings. The van der Waals surface area contributed by atoms with Crippen molar-refractivity contribution in [2.24, 2.45) is 0 Å². The second-order valence-corrected chi connectivity index (χ2v) is 4.66. The van der Waals surface area contributed by atoms with Crippen molar-refractivity contribution in [1.82, 2.24) is 0 Å². The SMILES string of the molecule is CC(Sc1ccccc1CC(=O)O)C(=O)O. The molecule has 0 bridgehead atoms. The molecule has 1 rings (SSSR count). The van der Waals surface area contributed by atoms with Gasteiger partial charge in [0.2, 0.25) is 0 Å². The molecule has 1 aromatic rings. The van der Waals surface area contributed by atoms with Crippen LogP contribution in [0.1, 0.15) is 12.5 Å². The Morgan fingerprint density at radius 1 is 1.31 bits per heavy atom. The Hall–Kier alpha value is -1.49. The number of hydrogen-bond acceptors (Lipinski definition) is 3. The first-order valence-corrected chi connectivity index (χ1v) is 5.58. The van der Waals surface area contributed by atoms with Crippen LogP contribution in [0.3, 0.4) is 0 Å². The van der Waals surface area contributed by atoms with Crippen LogP contribution < -0.4 is 0 Å². The molecule has 0 amide bonds. The molecular formula is C11H12O4S. The van der Waals surface area contributed by atoms with E-state index in [0.717, 1.165) is 11.8 Å². The van der Waals surface area contributed by atoms with E-state index in [1.165, 1.54) is 0 Å². The summed E-state index contributed by atoms with van der Waals surface area (Å²) >= 11 is 1.16. The third-order valence-electron chi connectivity index (χ3n) is 1.97. The molecule has 0 saturated carbocycles. The fourth-order valence-electron chi connectivity index (χ4n) is 1.17. The fraction of sp³-hybridized carbons (Fsp3) is 0.273. The number of benzene rings is 1. The molecule has 4 nitrogen and oxygen atoms in total. The van der Waals surface area contributed by atoms with Crippen molar-refractivity contribution in [2.75, 3.05) is 0 Å². The Bertz CT molecular complexity index is 403. The Balaban J connectivity index is 2.86. The first-order chi connectivity index (χ1) is 7.50. The fourth-order valence-corrected chi connectivity index (χ4v) is 2.10. The van der Waals surface area contributed by atoms with Gasteiger partial charge in [-0.2, -0.15) is 0 Å². The zero-order valence-electron chi connectivity index (χ0n) is 8.71. The maximum absolute atomic E-state index is 10.7. The molecule has 16 heavy (non-hydrogen) atoms. The van der Waals surface area contributed by atoms with Crippen LogP contribution in [0.15, 0.2) is 29.2 Å². The van der Waals surface area contributed by atoms with Gasteiger partial charge in [-0.3, -0.25) is 9.59 Å². The number of rotatable bonds is 5. The minimum absolute atomic E-state index is 0.0878. The van der Waals surface area contributed by atoms with Crippen LogP contribution in [0, 0.1) is 0 Å². The van der Waals surface area contributed by atoms with Crippen molar-refractivity contribution in [3.05, 3.63) is 29.8 Å². The first-order valence-electron chi connectivity index (χ1n) is 4.70. The molecule has 0 aliphatic carbocycles. The van der Waals surface area contributed by atoms with Crippen LogP contribution in [0.5, 0.6) is 0 Å². The maximum Gasteiger partial charge on any atom is 0.316 e. The van der Waals surface area contributed by atoms with E-state index in [-0.39, 0.29) is 6.42 Å². The van der Waals surface area contributed by atoms with Crippen LogP contribution >= 0.6 is 11.8 Å². The van der Waals surface area contributed by atoms with Crippen molar-refractivity contribution in [2.45, 2.75) is 23.5 Å². The van der Waals surface area contributed by atoms with Gasteiger partial charge in [0.25, 0.3) is 0 Å². The number of hydrogen-bond donors (Lipinski definition) is 2. The van der Waals surface area contributed by atoms with E-state index < -0.39 is 17.2 Å². The normalized spacial score (nSPS) is 12.1.